The number of rotatable bonds is 4. The monoisotopic (exact) mass is 339 g/mol. The highest BCUT2D eigenvalue weighted by atomic mass is 79.9. The number of hydrogen-bond acceptors (Lipinski definition) is 2. The zero-order valence-corrected chi connectivity index (χ0v) is 13.4. The number of nitrogens with one attached hydrogen (secondary N) is 1. The first kappa shape index (κ1) is 15.5. The van der Waals surface area contributed by atoms with Gasteiger partial charge in [0, 0.05) is 11.0 Å². The molecule has 4 heteroatoms. The van der Waals surface area contributed by atoms with Gasteiger partial charge in [-0.2, -0.15) is 0 Å². The van der Waals surface area contributed by atoms with Crippen molar-refractivity contribution in [1.82, 2.24) is 5.32 Å². The lowest BCUT2D eigenvalue weighted by Crippen LogP contribution is -2.46. The summed E-state index contributed by atoms with van der Waals surface area (Å²) in [5.74, 6) is 0.510. The predicted molar refractivity (Wildman–Crippen MR) is 83.4 cm³/mol. The molecule has 1 aromatic carbocycles. The molecule has 0 aromatic heterocycles. The van der Waals surface area contributed by atoms with Crippen LogP contribution in [0.1, 0.15) is 38.2 Å². The van der Waals surface area contributed by atoms with Crippen molar-refractivity contribution in [3.63, 3.8) is 0 Å². The van der Waals surface area contributed by atoms with Gasteiger partial charge < -0.3 is 10.4 Å². The Morgan fingerprint density at radius 3 is 2.80 bits per heavy atom. The number of aliphatic hydroxyl groups is 1. The topological polar surface area (TPSA) is 49.3 Å². The van der Waals surface area contributed by atoms with Gasteiger partial charge in [-0.25, -0.2) is 0 Å². The maximum atomic E-state index is 11.9. The minimum Gasteiger partial charge on any atom is -0.388 e. The van der Waals surface area contributed by atoms with Gasteiger partial charge in [-0.3, -0.25) is 4.79 Å². The molecule has 0 aliphatic heterocycles. The molecule has 1 aliphatic rings. The van der Waals surface area contributed by atoms with Gasteiger partial charge in [-0.1, -0.05) is 47.8 Å². The van der Waals surface area contributed by atoms with Crippen LogP contribution in [0.3, 0.4) is 0 Å². The first-order chi connectivity index (χ1) is 9.47. The zero-order chi connectivity index (χ0) is 14.6. The Labute approximate surface area is 128 Å². The van der Waals surface area contributed by atoms with Crippen LogP contribution in [-0.4, -0.2) is 23.2 Å². The molecule has 2 unspecified atom stereocenters. The van der Waals surface area contributed by atoms with Crippen molar-refractivity contribution < 1.29 is 9.90 Å². The highest BCUT2D eigenvalue weighted by Gasteiger charge is 2.32. The van der Waals surface area contributed by atoms with Crippen molar-refractivity contribution in [3.8, 4) is 0 Å². The summed E-state index contributed by atoms with van der Waals surface area (Å²) >= 11 is 3.37. The molecule has 2 rings (SSSR count). The van der Waals surface area contributed by atoms with Gasteiger partial charge in [0.2, 0.25) is 5.91 Å². The number of hydrogen-bond donors (Lipinski definition) is 2. The average molecular weight is 340 g/mol. The van der Waals surface area contributed by atoms with E-state index in [1.807, 2.05) is 24.3 Å². The van der Waals surface area contributed by atoms with E-state index in [1.165, 1.54) is 6.42 Å². The van der Waals surface area contributed by atoms with E-state index in [0.717, 1.165) is 29.3 Å². The molecule has 2 atom stereocenters. The third-order valence-corrected chi connectivity index (χ3v) is 4.49. The Morgan fingerprint density at radius 1 is 1.45 bits per heavy atom. The Hall–Kier alpha value is -0.870. The summed E-state index contributed by atoms with van der Waals surface area (Å²) in [5, 5.41) is 13.3. The fraction of sp³-hybridized carbons (Fsp3) is 0.562. The Kier molecular flexibility index (Phi) is 5.22. The standard InChI is InChI=1S/C16H22BrNO2/c1-12-3-2-8-16(20,10-12)11-18-15(19)9-13-4-6-14(17)7-5-13/h4-7,12,20H,2-3,8-11H2,1H3,(H,18,19). The molecule has 20 heavy (non-hydrogen) atoms. The lowest BCUT2D eigenvalue weighted by molar-refractivity contribution is -0.122. The number of benzene rings is 1. The van der Waals surface area contributed by atoms with E-state index in [1.54, 1.807) is 0 Å². The zero-order valence-electron chi connectivity index (χ0n) is 11.9. The van der Waals surface area contributed by atoms with Crippen molar-refractivity contribution in [2.75, 3.05) is 6.54 Å². The molecule has 1 fully saturated rings. The van der Waals surface area contributed by atoms with E-state index < -0.39 is 5.60 Å². The van der Waals surface area contributed by atoms with Gasteiger partial charge >= 0.3 is 0 Å². The number of halogens is 1. The second-order valence-electron chi connectivity index (χ2n) is 6.01. The van der Waals surface area contributed by atoms with E-state index in [2.05, 4.69) is 28.2 Å². The molecular formula is C16H22BrNO2. The smallest absolute Gasteiger partial charge is 0.224 e. The molecule has 0 spiro atoms. The SMILES string of the molecule is CC1CCCC(O)(CNC(=O)Cc2ccc(Br)cc2)C1. The van der Waals surface area contributed by atoms with Crippen molar-refractivity contribution in [1.29, 1.82) is 0 Å². The van der Waals surface area contributed by atoms with Crippen molar-refractivity contribution in [2.24, 2.45) is 5.92 Å². The van der Waals surface area contributed by atoms with E-state index >= 15 is 0 Å². The molecule has 2 N–H and O–H groups in total. The minimum atomic E-state index is -0.715. The summed E-state index contributed by atoms with van der Waals surface area (Å²) in [4.78, 5) is 11.9. The largest absolute Gasteiger partial charge is 0.388 e. The van der Waals surface area contributed by atoms with Gasteiger partial charge in [0.15, 0.2) is 0 Å². The second-order valence-corrected chi connectivity index (χ2v) is 6.92. The maximum Gasteiger partial charge on any atom is 0.224 e. The van der Waals surface area contributed by atoms with E-state index in [0.29, 0.717) is 18.9 Å². The van der Waals surface area contributed by atoms with Crippen LogP contribution in [0.2, 0.25) is 0 Å². The fourth-order valence-corrected chi connectivity index (χ4v) is 3.17. The number of carbonyl (C=O) groups is 1. The molecule has 1 saturated carbocycles. The molecule has 0 saturated heterocycles. The lowest BCUT2D eigenvalue weighted by Gasteiger charge is -2.35. The van der Waals surface area contributed by atoms with Crippen molar-refractivity contribution in [3.05, 3.63) is 34.3 Å². The second kappa shape index (κ2) is 6.72. The van der Waals surface area contributed by atoms with Gasteiger partial charge in [-0.15, -0.1) is 0 Å². The summed E-state index contributed by atoms with van der Waals surface area (Å²) in [6.07, 6.45) is 4.15. The summed E-state index contributed by atoms with van der Waals surface area (Å²) < 4.78 is 1.01. The summed E-state index contributed by atoms with van der Waals surface area (Å²) in [5.41, 5.74) is 0.266. The van der Waals surface area contributed by atoms with Crippen molar-refractivity contribution in [2.45, 2.75) is 44.6 Å². The first-order valence-corrected chi connectivity index (χ1v) is 8.00. The van der Waals surface area contributed by atoms with E-state index in [4.69, 9.17) is 0 Å². The minimum absolute atomic E-state index is 0.0287. The quantitative estimate of drug-likeness (QED) is 0.885. The van der Waals surface area contributed by atoms with E-state index in [-0.39, 0.29) is 5.91 Å². The Morgan fingerprint density at radius 2 is 2.15 bits per heavy atom. The van der Waals surface area contributed by atoms with Gasteiger partial charge in [-0.05, 0) is 36.5 Å². The normalized spacial score (nSPS) is 26.2. The van der Waals surface area contributed by atoms with E-state index in [9.17, 15) is 9.90 Å². The van der Waals surface area contributed by atoms with Crippen LogP contribution in [0.4, 0.5) is 0 Å². The molecule has 3 nitrogen and oxygen atoms in total. The van der Waals surface area contributed by atoms with Crippen LogP contribution in [0, 0.1) is 5.92 Å². The Bertz CT molecular complexity index is 460. The first-order valence-electron chi connectivity index (χ1n) is 7.20. The molecule has 1 aromatic rings. The van der Waals surface area contributed by atoms with Crippen LogP contribution in [0.5, 0.6) is 0 Å². The summed E-state index contributed by atoms with van der Waals surface area (Å²) in [6.45, 7) is 2.53. The van der Waals surface area contributed by atoms with Crippen molar-refractivity contribution >= 4 is 21.8 Å². The molecular weight excluding hydrogens is 318 g/mol. The maximum absolute atomic E-state index is 11.9. The van der Waals surface area contributed by atoms with Crippen LogP contribution in [-0.2, 0) is 11.2 Å². The predicted octanol–water partition coefficient (Wildman–Crippen LogP) is 3.05. The number of carbonyl (C=O) groups excluding carboxylic acids is 1. The highest BCUT2D eigenvalue weighted by molar-refractivity contribution is 9.10. The molecule has 0 bridgehead atoms. The third-order valence-electron chi connectivity index (χ3n) is 3.96. The summed E-state index contributed by atoms with van der Waals surface area (Å²) in [7, 11) is 0. The van der Waals surface area contributed by atoms with Gasteiger partial charge in [0.25, 0.3) is 0 Å². The Balaban J connectivity index is 1.81. The summed E-state index contributed by atoms with van der Waals surface area (Å²) in [6, 6.07) is 7.72. The average Bonchev–Trinajstić information content (AvgIpc) is 2.39. The molecule has 1 aliphatic carbocycles. The third kappa shape index (κ3) is 4.60. The number of amides is 1. The molecule has 0 radical (unpaired) electrons. The molecule has 110 valence electrons. The van der Waals surface area contributed by atoms with Gasteiger partial charge in [0.05, 0.1) is 12.0 Å². The molecule has 1 amide bonds. The highest BCUT2D eigenvalue weighted by Crippen LogP contribution is 2.31. The fourth-order valence-electron chi connectivity index (χ4n) is 2.91. The van der Waals surface area contributed by atoms with Crippen LogP contribution in [0.25, 0.3) is 0 Å². The van der Waals surface area contributed by atoms with Crippen LogP contribution < -0.4 is 5.32 Å². The van der Waals surface area contributed by atoms with Gasteiger partial charge in [0.1, 0.15) is 0 Å². The molecule has 0 heterocycles. The van der Waals surface area contributed by atoms with Crippen LogP contribution in [0.15, 0.2) is 28.7 Å². The lowest BCUT2D eigenvalue weighted by atomic mass is 9.79. The van der Waals surface area contributed by atoms with Crippen LogP contribution >= 0.6 is 15.9 Å².